The Balaban J connectivity index is 2.12. The third kappa shape index (κ3) is 5.20. The quantitative estimate of drug-likeness (QED) is 0.852. The Hall–Kier alpha value is -1.29. The first-order chi connectivity index (χ1) is 9.83. The predicted molar refractivity (Wildman–Crippen MR) is 87.4 cm³/mol. The van der Waals surface area contributed by atoms with E-state index in [1.54, 1.807) is 30.5 Å². The van der Waals surface area contributed by atoms with Crippen LogP contribution in [0.3, 0.4) is 0 Å². The van der Waals surface area contributed by atoms with Crippen LogP contribution in [-0.2, 0) is 6.54 Å². The molecule has 1 aromatic heterocycles. The van der Waals surface area contributed by atoms with Crippen molar-refractivity contribution < 1.29 is 4.74 Å². The van der Waals surface area contributed by atoms with E-state index in [1.165, 1.54) is 0 Å². The van der Waals surface area contributed by atoms with Crippen molar-refractivity contribution in [1.29, 1.82) is 0 Å². The molecule has 2 aromatic rings. The molecule has 1 heterocycles. The first kappa shape index (κ1) is 16.1. The van der Waals surface area contributed by atoms with Crippen LogP contribution in [0.5, 0.6) is 11.5 Å². The average Bonchev–Trinajstić information content (AvgIpc) is 2.40. The Morgan fingerprint density at radius 2 is 1.90 bits per heavy atom. The van der Waals surface area contributed by atoms with Crippen molar-refractivity contribution in [1.82, 2.24) is 10.3 Å². The molecule has 2 rings (SSSR count). The molecule has 0 atom stereocenters. The topological polar surface area (TPSA) is 34.1 Å². The number of halogens is 2. The van der Waals surface area contributed by atoms with Gasteiger partial charge in [-0.05, 0) is 39.0 Å². The summed E-state index contributed by atoms with van der Waals surface area (Å²) < 4.78 is 5.78. The van der Waals surface area contributed by atoms with Gasteiger partial charge >= 0.3 is 0 Å². The second-order valence-corrected chi connectivity index (χ2v) is 6.61. The van der Waals surface area contributed by atoms with Gasteiger partial charge in [0, 0.05) is 35.4 Å². The van der Waals surface area contributed by atoms with E-state index >= 15 is 0 Å². The predicted octanol–water partition coefficient (Wildman–Crippen LogP) is 5.07. The molecule has 0 unspecified atom stereocenters. The summed E-state index contributed by atoms with van der Waals surface area (Å²) in [4.78, 5) is 4.32. The molecule has 5 heteroatoms. The highest BCUT2D eigenvalue weighted by Crippen LogP contribution is 2.31. The van der Waals surface area contributed by atoms with Crippen LogP contribution in [0.2, 0.25) is 10.0 Å². The molecule has 1 N–H and O–H groups in total. The van der Waals surface area contributed by atoms with Crippen molar-refractivity contribution in [3.63, 3.8) is 0 Å². The van der Waals surface area contributed by atoms with E-state index in [0.717, 1.165) is 5.69 Å². The van der Waals surface area contributed by atoms with Crippen LogP contribution in [0.25, 0.3) is 0 Å². The second-order valence-electron chi connectivity index (χ2n) is 5.76. The van der Waals surface area contributed by atoms with E-state index in [2.05, 4.69) is 31.1 Å². The van der Waals surface area contributed by atoms with Gasteiger partial charge < -0.3 is 10.1 Å². The van der Waals surface area contributed by atoms with E-state index in [4.69, 9.17) is 27.9 Å². The molecule has 0 bridgehead atoms. The fourth-order valence-electron chi connectivity index (χ4n) is 1.65. The molecular formula is C16H18Cl2N2O. The molecule has 0 amide bonds. The lowest BCUT2D eigenvalue weighted by atomic mass is 10.1. The summed E-state index contributed by atoms with van der Waals surface area (Å²) in [6.07, 6.45) is 1.72. The van der Waals surface area contributed by atoms with Crippen molar-refractivity contribution in [2.75, 3.05) is 0 Å². The second kappa shape index (κ2) is 6.65. The number of hydrogen-bond donors (Lipinski definition) is 1. The Kier molecular flexibility index (Phi) is 5.09. The van der Waals surface area contributed by atoms with Gasteiger partial charge in [0.25, 0.3) is 0 Å². The Labute approximate surface area is 135 Å². The minimum Gasteiger partial charge on any atom is -0.456 e. The monoisotopic (exact) mass is 324 g/mol. The largest absolute Gasteiger partial charge is 0.456 e. The highest BCUT2D eigenvalue weighted by molar-refractivity contribution is 6.34. The number of aromatic nitrogens is 1. The van der Waals surface area contributed by atoms with Crippen LogP contribution in [0, 0.1) is 0 Å². The zero-order chi connectivity index (χ0) is 15.5. The highest BCUT2D eigenvalue weighted by atomic mass is 35.5. The van der Waals surface area contributed by atoms with Crippen LogP contribution >= 0.6 is 23.2 Å². The lowest BCUT2D eigenvalue weighted by Crippen LogP contribution is -2.35. The van der Waals surface area contributed by atoms with E-state index in [9.17, 15) is 0 Å². The summed E-state index contributed by atoms with van der Waals surface area (Å²) in [6.45, 7) is 7.00. The molecule has 0 radical (unpaired) electrons. The summed E-state index contributed by atoms with van der Waals surface area (Å²) in [6, 6.07) is 8.80. The Bertz CT molecular complexity index is 624. The molecule has 0 fully saturated rings. The first-order valence-corrected chi connectivity index (χ1v) is 7.42. The average molecular weight is 325 g/mol. The minimum atomic E-state index is 0.0365. The number of hydrogen-bond acceptors (Lipinski definition) is 3. The number of nitrogens with one attached hydrogen (secondary N) is 1. The molecule has 21 heavy (non-hydrogen) atoms. The summed E-state index contributed by atoms with van der Waals surface area (Å²) in [5.74, 6) is 1.21. The summed E-state index contributed by atoms with van der Waals surface area (Å²) in [7, 11) is 0. The van der Waals surface area contributed by atoms with Crippen LogP contribution in [0.1, 0.15) is 26.5 Å². The van der Waals surface area contributed by atoms with E-state index in [1.807, 2.05) is 6.07 Å². The minimum absolute atomic E-state index is 0.0365. The number of ether oxygens (including phenoxy) is 1. The molecular weight excluding hydrogens is 307 g/mol. The summed E-state index contributed by atoms with van der Waals surface area (Å²) in [5.41, 5.74) is 0.940. The van der Waals surface area contributed by atoms with Crippen molar-refractivity contribution in [3.05, 3.63) is 52.3 Å². The highest BCUT2D eigenvalue weighted by Gasteiger charge is 2.10. The normalized spacial score (nSPS) is 11.5. The Morgan fingerprint density at radius 3 is 2.62 bits per heavy atom. The number of rotatable bonds is 4. The lowest BCUT2D eigenvalue weighted by molar-refractivity contribution is 0.419. The van der Waals surface area contributed by atoms with Crippen molar-refractivity contribution >= 4 is 23.2 Å². The van der Waals surface area contributed by atoms with Crippen molar-refractivity contribution in [2.45, 2.75) is 32.9 Å². The van der Waals surface area contributed by atoms with Gasteiger partial charge in [0.1, 0.15) is 11.5 Å². The lowest BCUT2D eigenvalue weighted by Gasteiger charge is -2.20. The van der Waals surface area contributed by atoms with Gasteiger partial charge in [-0.15, -0.1) is 0 Å². The van der Waals surface area contributed by atoms with Gasteiger partial charge in [0.05, 0.1) is 10.7 Å². The summed E-state index contributed by atoms with van der Waals surface area (Å²) in [5, 5.41) is 4.49. The summed E-state index contributed by atoms with van der Waals surface area (Å²) >= 11 is 12.0. The Morgan fingerprint density at radius 1 is 1.14 bits per heavy atom. The van der Waals surface area contributed by atoms with Crippen LogP contribution in [0.4, 0.5) is 0 Å². The van der Waals surface area contributed by atoms with Gasteiger partial charge in [-0.1, -0.05) is 23.2 Å². The molecule has 3 nitrogen and oxygen atoms in total. The van der Waals surface area contributed by atoms with Gasteiger partial charge in [-0.3, -0.25) is 4.98 Å². The first-order valence-electron chi connectivity index (χ1n) is 6.66. The van der Waals surface area contributed by atoms with E-state index in [0.29, 0.717) is 28.1 Å². The third-order valence-electron chi connectivity index (χ3n) is 2.71. The zero-order valence-corrected chi connectivity index (χ0v) is 13.8. The van der Waals surface area contributed by atoms with Crippen molar-refractivity contribution in [3.8, 4) is 11.5 Å². The standard InChI is InChI=1S/C16H18Cl2N2O/c1-16(2,3)20-10-12-9-13(6-7-19-12)21-15-8-11(17)4-5-14(15)18/h4-9,20H,10H2,1-3H3. The molecule has 1 aromatic carbocycles. The van der Waals surface area contributed by atoms with Gasteiger partial charge in [0.15, 0.2) is 0 Å². The maximum absolute atomic E-state index is 6.10. The zero-order valence-electron chi connectivity index (χ0n) is 12.3. The molecule has 0 spiro atoms. The molecule has 0 aliphatic carbocycles. The fraction of sp³-hybridized carbons (Fsp3) is 0.312. The number of benzene rings is 1. The smallest absolute Gasteiger partial charge is 0.147 e. The maximum Gasteiger partial charge on any atom is 0.147 e. The SMILES string of the molecule is CC(C)(C)NCc1cc(Oc2cc(Cl)ccc2Cl)ccn1. The van der Waals surface area contributed by atoms with Crippen molar-refractivity contribution in [2.24, 2.45) is 0 Å². The van der Waals surface area contributed by atoms with Gasteiger partial charge in [-0.2, -0.15) is 0 Å². The maximum atomic E-state index is 6.10. The molecule has 0 saturated heterocycles. The molecule has 0 saturated carbocycles. The molecule has 0 aliphatic heterocycles. The number of nitrogens with zero attached hydrogens (tertiary/aromatic N) is 1. The van der Waals surface area contributed by atoms with E-state index < -0.39 is 0 Å². The van der Waals surface area contributed by atoms with E-state index in [-0.39, 0.29) is 5.54 Å². The molecule has 112 valence electrons. The number of pyridine rings is 1. The van der Waals surface area contributed by atoms with Crippen LogP contribution < -0.4 is 10.1 Å². The van der Waals surface area contributed by atoms with Gasteiger partial charge in [-0.25, -0.2) is 0 Å². The fourth-order valence-corrected chi connectivity index (χ4v) is 1.97. The van der Waals surface area contributed by atoms with Crippen LogP contribution in [0.15, 0.2) is 36.5 Å². The van der Waals surface area contributed by atoms with Crippen LogP contribution in [-0.4, -0.2) is 10.5 Å². The third-order valence-corrected chi connectivity index (χ3v) is 3.26. The van der Waals surface area contributed by atoms with Gasteiger partial charge in [0.2, 0.25) is 0 Å². The molecule has 0 aliphatic rings.